The molecule has 11 heterocycles. The number of carbonyl (C=O) groups is 3. The van der Waals surface area contributed by atoms with Gasteiger partial charge in [-0.25, -0.2) is 56.1 Å². The zero-order chi connectivity index (χ0) is 54.0. The summed E-state index contributed by atoms with van der Waals surface area (Å²) in [6, 6.07) is 9.81. The molecule has 9 aromatic heterocycles. The third kappa shape index (κ3) is 13.8. The fourth-order valence-corrected chi connectivity index (χ4v) is 9.79. The average molecular weight is 1100 g/mol. The third-order valence-corrected chi connectivity index (χ3v) is 13.3. The Morgan fingerprint density at radius 2 is 0.975 bits per heavy atom. The van der Waals surface area contributed by atoms with Crippen molar-refractivity contribution in [2.45, 2.75) is 83.2 Å². The van der Waals surface area contributed by atoms with Gasteiger partial charge in [0.25, 0.3) is 0 Å². The SMILES string of the molecule is CCOC(=O)c1cnn2ccc(Cl)nc12.CCOC(=O)c1cnn2ccc(N3CCCC3c3cncc(F)c3)nc12.Fc1cncc(C2CCCC2)c1.O=C(O)c1cnn2ccc(N3CCCC3c3cncc(F)c3)nc12.[Li+].[OH-]. The molecule has 0 bridgehead atoms. The minimum absolute atomic E-state index is 0. The zero-order valence-electron chi connectivity index (χ0n) is 43.3. The predicted molar refractivity (Wildman–Crippen MR) is 277 cm³/mol. The number of fused-ring (bicyclic) bond motifs is 3. The maximum absolute atomic E-state index is 13.6. The summed E-state index contributed by atoms with van der Waals surface area (Å²) < 4.78 is 54.2. The van der Waals surface area contributed by atoms with Gasteiger partial charge in [-0.15, -0.1) is 0 Å². The first-order valence-corrected chi connectivity index (χ1v) is 25.4. The molecular formula is C53H53ClF3LiN14O7. The number of hydrogen-bond acceptors (Lipinski definition) is 17. The number of nitrogens with zero attached hydrogens (tertiary/aromatic N) is 14. The fourth-order valence-electron chi connectivity index (χ4n) is 9.65. The van der Waals surface area contributed by atoms with Gasteiger partial charge in [0.2, 0.25) is 0 Å². The van der Waals surface area contributed by atoms with Crippen LogP contribution in [-0.2, 0) is 9.47 Å². The van der Waals surface area contributed by atoms with Crippen LogP contribution in [0.25, 0.3) is 16.9 Å². The molecule has 21 nitrogen and oxygen atoms in total. The second kappa shape index (κ2) is 27.0. The zero-order valence-corrected chi connectivity index (χ0v) is 44.1. The Labute approximate surface area is 467 Å². The number of anilines is 2. The largest absolute Gasteiger partial charge is 1.00 e. The molecule has 79 heavy (non-hydrogen) atoms. The summed E-state index contributed by atoms with van der Waals surface area (Å²) in [5.74, 6) is -0.950. The molecule has 0 radical (unpaired) electrons. The molecule has 2 saturated heterocycles. The first-order valence-electron chi connectivity index (χ1n) is 25.0. The molecule has 3 aliphatic rings. The summed E-state index contributed by atoms with van der Waals surface area (Å²) in [4.78, 5) is 63.8. The van der Waals surface area contributed by atoms with Crippen LogP contribution in [-0.4, -0.2) is 114 Å². The maximum atomic E-state index is 13.6. The normalized spacial score (nSPS) is 15.7. The van der Waals surface area contributed by atoms with Gasteiger partial charge in [0.1, 0.15) is 50.9 Å². The third-order valence-electron chi connectivity index (χ3n) is 13.1. The van der Waals surface area contributed by atoms with E-state index in [1.54, 1.807) is 73.7 Å². The Morgan fingerprint density at radius 3 is 1.42 bits per heavy atom. The molecule has 1 aliphatic carbocycles. The molecule has 1 saturated carbocycles. The first-order chi connectivity index (χ1) is 37.4. The van der Waals surface area contributed by atoms with E-state index in [0.29, 0.717) is 51.6 Å². The number of ether oxygens (including phenoxy) is 2. The van der Waals surface area contributed by atoms with E-state index < -0.39 is 17.9 Å². The van der Waals surface area contributed by atoms with Crippen LogP contribution < -0.4 is 28.7 Å². The number of pyridine rings is 3. The summed E-state index contributed by atoms with van der Waals surface area (Å²) in [6.07, 6.45) is 26.6. The van der Waals surface area contributed by atoms with E-state index in [2.05, 4.69) is 55.0 Å². The van der Waals surface area contributed by atoms with Crippen LogP contribution in [0.5, 0.6) is 0 Å². The number of halogens is 4. The molecule has 26 heteroatoms. The molecular weight excluding hydrogens is 1040 g/mol. The van der Waals surface area contributed by atoms with Crippen molar-refractivity contribution >= 4 is 58.1 Å². The van der Waals surface area contributed by atoms with Gasteiger partial charge in [0.05, 0.1) is 62.5 Å². The van der Waals surface area contributed by atoms with E-state index in [9.17, 15) is 32.7 Å². The van der Waals surface area contributed by atoms with E-state index >= 15 is 0 Å². The molecule has 0 amide bonds. The maximum Gasteiger partial charge on any atom is 1.00 e. The monoisotopic (exact) mass is 1100 g/mol. The van der Waals surface area contributed by atoms with Gasteiger partial charge in [-0.3, -0.25) is 15.0 Å². The molecule has 0 aromatic carbocycles. The number of rotatable bonds is 10. The van der Waals surface area contributed by atoms with E-state index in [4.69, 9.17) is 21.1 Å². The summed E-state index contributed by atoms with van der Waals surface area (Å²) in [6.45, 7) is 5.66. The van der Waals surface area contributed by atoms with Crippen LogP contribution in [0, 0.1) is 17.5 Å². The number of hydrogen-bond donors (Lipinski definition) is 1. The minimum Gasteiger partial charge on any atom is -0.870 e. The summed E-state index contributed by atoms with van der Waals surface area (Å²) >= 11 is 5.72. The van der Waals surface area contributed by atoms with Crippen LogP contribution in [0.15, 0.2) is 111 Å². The van der Waals surface area contributed by atoms with Crippen LogP contribution in [0.2, 0.25) is 5.15 Å². The van der Waals surface area contributed by atoms with Crippen molar-refractivity contribution in [3.63, 3.8) is 0 Å². The van der Waals surface area contributed by atoms with E-state index in [-0.39, 0.29) is 66.0 Å². The molecule has 0 spiro atoms. The predicted octanol–water partition coefficient (Wildman–Crippen LogP) is 6.35. The van der Waals surface area contributed by atoms with Crippen molar-refractivity contribution in [1.82, 2.24) is 58.7 Å². The topological polar surface area (TPSA) is 256 Å². The van der Waals surface area contributed by atoms with Gasteiger partial charge < -0.3 is 29.9 Å². The quantitative estimate of drug-likeness (QED) is 0.0889. The summed E-state index contributed by atoms with van der Waals surface area (Å²) in [5.41, 5.74) is 4.54. The van der Waals surface area contributed by atoms with E-state index in [0.717, 1.165) is 61.3 Å². The van der Waals surface area contributed by atoms with Gasteiger partial charge in [0, 0.05) is 50.3 Å². The Kier molecular flexibility index (Phi) is 20.1. The number of aromatic nitrogens is 12. The number of carbonyl (C=O) groups excluding carboxylic acids is 2. The van der Waals surface area contributed by atoms with Crippen molar-refractivity contribution in [2.75, 3.05) is 36.1 Å². The van der Waals surface area contributed by atoms with Gasteiger partial charge >= 0.3 is 36.8 Å². The Morgan fingerprint density at radius 1 is 0.570 bits per heavy atom. The molecule has 9 aromatic rings. The molecule has 12 rings (SSSR count). The van der Waals surface area contributed by atoms with Gasteiger partial charge in [-0.2, -0.15) is 15.3 Å². The average Bonchev–Trinajstić information content (AvgIpc) is 4.32. The van der Waals surface area contributed by atoms with Crippen LogP contribution in [0.1, 0.15) is 131 Å². The van der Waals surface area contributed by atoms with E-state index in [1.165, 1.54) is 84.0 Å². The minimum atomic E-state index is -1.07. The van der Waals surface area contributed by atoms with Crippen molar-refractivity contribution < 1.29 is 66.5 Å². The second-order valence-electron chi connectivity index (χ2n) is 18.0. The first kappa shape index (κ1) is 58.6. The Balaban J connectivity index is 0.000000157. The molecule has 3 fully saturated rings. The molecule has 2 aliphatic heterocycles. The van der Waals surface area contributed by atoms with Gasteiger partial charge in [-0.05, 0) is 111 Å². The van der Waals surface area contributed by atoms with Crippen molar-refractivity contribution in [3.8, 4) is 0 Å². The molecule has 2 N–H and O–H groups in total. The number of carboxylic acids is 1. The van der Waals surface area contributed by atoms with Crippen molar-refractivity contribution in [1.29, 1.82) is 0 Å². The summed E-state index contributed by atoms with van der Waals surface area (Å²) in [5, 5.41) is 21.6. The summed E-state index contributed by atoms with van der Waals surface area (Å²) in [7, 11) is 0. The second-order valence-corrected chi connectivity index (χ2v) is 18.4. The smallest absolute Gasteiger partial charge is 0.870 e. The van der Waals surface area contributed by atoms with Crippen molar-refractivity contribution in [2.24, 2.45) is 0 Å². The van der Waals surface area contributed by atoms with Gasteiger partial charge in [-0.1, -0.05) is 24.4 Å². The van der Waals surface area contributed by atoms with E-state index in [1.807, 2.05) is 6.07 Å². The fraction of sp³-hybridized carbons (Fsp3) is 0.321. The number of esters is 2. The van der Waals surface area contributed by atoms with Crippen LogP contribution in [0.3, 0.4) is 0 Å². The standard InChI is InChI=1S/C18H18FN5O2.C16H14FN5O2.C10H12FN.C9H8ClN3O2.Li.H2O/c1-2-26-18(25)14-11-21-24-7-5-16(22-17(14)24)23-6-3-4-15(23)12-8-13(19)10-20-9-12;17-11-6-10(7-18-8-11)13-2-1-4-21(13)14-3-5-22-15(20-14)12(9-19-22)16(23)24;11-10-5-9(6-12-7-10)8-3-1-2-4-8;1-2-15-9(14)6-5-11-13-4-3-7(10)12-8(6)13;;/h5,7-11,15H,2-4,6H2,1H3;3,5-9,13H,1-2,4H2,(H,23,24);5-8H,1-4H2;3-5H,2H2,1H3;;1H2/q;;;;+1;/p-1. The van der Waals surface area contributed by atoms with Crippen LogP contribution >= 0.6 is 11.6 Å². The van der Waals surface area contributed by atoms with Crippen LogP contribution in [0.4, 0.5) is 24.8 Å². The number of aromatic carboxylic acids is 1. The van der Waals surface area contributed by atoms with Gasteiger partial charge in [0.15, 0.2) is 16.9 Å². The molecule has 2 atom stereocenters. The Bertz CT molecular complexity index is 3550. The molecule has 2 unspecified atom stereocenters. The molecule has 406 valence electrons. The Hall–Kier alpha value is -8.04. The number of carboxylic acid groups (broad SMARTS) is 1. The van der Waals surface area contributed by atoms with Crippen molar-refractivity contribution in [3.05, 3.63) is 167 Å².